The molecule has 0 unspecified atom stereocenters. The number of rotatable bonds is 4. The van der Waals surface area contributed by atoms with Gasteiger partial charge in [-0.15, -0.1) is 0 Å². The highest BCUT2D eigenvalue weighted by Gasteiger charge is 2.20. The molecule has 0 spiro atoms. The Morgan fingerprint density at radius 3 is 2.56 bits per heavy atom. The molecule has 2 aromatic rings. The number of nitro groups is 2. The van der Waals surface area contributed by atoms with E-state index in [1.807, 2.05) is 0 Å². The molecular weight excluding hydrogens is 260 g/mol. The average Bonchev–Trinajstić information content (AvgIpc) is 2.81. The first kappa shape index (κ1) is 12.0. The van der Waals surface area contributed by atoms with Gasteiger partial charge in [0, 0.05) is 18.5 Å². The number of aromatic amines is 1. The van der Waals surface area contributed by atoms with E-state index >= 15 is 0 Å². The fourth-order valence-electron chi connectivity index (χ4n) is 1.26. The number of imidazole rings is 1. The van der Waals surface area contributed by atoms with Gasteiger partial charge in [0.25, 0.3) is 11.4 Å². The zero-order valence-electron chi connectivity index (χ0n) is 8.77. The molecule has 0 radical (unpaired) electrons. The zero-order valence-corrected chi connectivity index (χ0v) is 9.59. The number of hydrogen-bond donors (Lipinski definition) is 1. The first-order valence-electron chi connectivity index (χ1n) is 4.68. The molecule has 0 bridgehead atoms. The number of nitro benzene ring substituents is 2. The van der Waals surface area contributed by atoms with Crippen molar-refractivity contribution in [3.8, 4) is 0 Å². The molecule has 18 heavy (non-hydrogen) atoms. The van der Waals surface area contributed by atoms with E-state index in [2.05, 4.69) is 9.97 Å². The van der Waals surface area contributed by atoms with Crippen LogP contribution in [0.15, 0.2) is 40.6 Å². The summed E-state index contributed by atoms with van der Waals surface area (Å²) in [6.45, 7) is 0. The van der Waals surface area contributed by atoms with Crippen LogP contribution in [0.4, 0.5) is 11.4 Å². The standard InChI is InChI=1S/C9H6N4O4S/c14-12(15)6-1-2-8(7(5-6)13(16)17)18-9-10-3-4-11-9/h1-5H,(H,10,11). The van der Waals surface area contributed by atoms with Crippen LogP contribution in [0.5, 0.6) is 0 Å². The molecule has 1 aromatic heterocycles. The van der Waals surface area contributed by atoms with Crippen LogP contribution < -0.4 is 0 Å². The third kappa shape index (κ3) is 2.46. The van der Waals surface area contributed by atoms with Crippen LogP contribution in [0.25, 0.3) is 0 Å². The number of hydrogen-bond acceptors (Lipinski definition) is 6. The zero-order chi connectivity index (χ0) is 13.1. The van der Waals surface area contributed by atoms with Gasteiger partial charge in [0.05, 0.1) is 20.8 Å². The van der Waals surface area contributed by atoms with Gasteiger partial charge in [0.2, 0.25) is 0 Å². The Morgan fingerprint density at radius 2 is 2.00 bits per heavy atom. The maximum absolute atomic E-state index is 10.9. The lowest BCUT2D eigenvalue weighted by atomic mass is 10.3. The highest BCUT2D eigenvalue weighted by atomic mass is 32.2. The molecule has 0 saturated carbocycles. The molecule has 9 heteroatoms. The van der Waals surface area contributed by atoms with Crippen LogP contribution in [0.3, 0.4) is 0 Å². The van der Waals surface area contributed by atoms with Crippen molar-refractivity contribution in [2.24, 2.45) is 0 Å². The van der Waals surface area contributed by atoms with Crippen molar-refractivity contribution < 1.29 is 9.85 Å². The molecule has 2 rings (SSSR count). The SMILES string of the molecule is O=[N+]([O-])c1ccc(Sc2ncc[nH]2)c([N+](=O)[O-])c1. The largest absolute Gasteiger partial charge is 0.339 e. The molecule has 0 aliphatic heterocycles. The van der Waals surface area contributed by atoms with Gasteiger partial charge in [-0.05, 0) is 17.8 Å². The quantitative estimate of drug-likeness (QED) is 0.671. The van der Waals surface area contributed by atoms with Gasteiger partial charge in [-0.1, -0.05) is 0 Å². The number of non-ortho nitro benzene ring substituents is 1. The maximum atomic E-state index is 10.9. The molecule has 0 aliphatic rings. The molecule has 1 N–H and O–H groups in total. The van der Waals surface area contributed by atoms with Crippen molar-refractivity contribution in [1.82, 2.24) is 9.97 Å². The smallest absolute Gasteiger partial charge is 0.290 e. The lowest BCUT2D eigenvalue weighted by Crippen LogP contribution is -1.94. The first-order valence-corrected chi connectivity index (χ1v) is 5.49. The molecule has 1 aromatic carbocycles. The second-order valence-electron chi connectivity index (χ2n) is 3.16. The molecule has 0 atom stereocenters. The van der Waals surface area contributed by atoms with Crippen LogP contribution in [0.2, 0.25) is 0 Å². The molecule has 0 amide bonds. The van der Waals surface area contributed by atoms with Gasteiger partial charge < -0.3 is 4.98 Å². The summed E-state index contributed by atoms with van der Waals surface area (Å²) >= 11 is 1.04. The molecule has 1 heterocycles. The molecule has 0 aliphatic carbocycles. The second kappa shape index (κ2) is 4.84. The van der Waals surface area contributed by atoms with E-state index < -0.39 is 9.85 Å². The van der Waals surface area contributed by atoms with Crippen LogP contribution in [0.1, 0.15) is 0 Å². The summed E-state index contributed by atoms with van der Waals surface area (Å²) in [4.78, 5) is 27.1. The van der Waals surface area contributed by atoms with Crippen LogP contribution in [-0.2, 0) is 0 Å². The van der Waals surface area contributed by atoms with Crippen LogP contribution in [0, 0.1) is 20.2 Å². The number of benzene rings is 1. The summed E-state index contributed by atoms with van der Waals surface area (Å²) < 4.78 is 0. The lowest BCUT2D eigenvalue weighted by molar-refractivity contribution is -0.396. The van der Waals surface area contributed by atoms with E-state index in [1.165, 1.54) is 18.3 Å². The molecular formula is C9H6N4O4S. The van der Waals surface area contributed by atoms with Crippen LogP contribution in [-0.4, -0.2) is 19.8 Å². The van der Waals surface area contributed by atoms with Gasteiger partial charge in [-0.2, -0.15) is 0 Å². The van der Waals surface area contributed by atoms with E-state index in [0.29, 0.717) is 10.1 Å². The Labute approximate surface area is 104 Å². The third-order valence-corrected chi connectivity index (χ3v) is 3.01. The highest BCUT2D eigenvalue weighted by molar-refractivity contribution is 7.99. The van der Waals surface area contributed by atoms with Crippen molar-refractivity contribution in [3.63, 3.8) is 0 Å². The molecule has 8 nitrogen and oxygen atoms in total. The minimum Gasteiger partial charge on any atom is -0.339 e. The Bertz CT molecular complexity index is 599. The Morgan fingerprint density at radius 1 is 1.22 bits per heavy atom. The Kier molecular flexibility index (Phi) is 3.24. The van der Waals surface area contributed by atoms with Crippen molar-refractivity contribution >= 4 is 23.1 Å². The monoisotopic (exact) mass is 266 g/mol. The number of H-pyrrole nitrogens is 1. The fraction of sp³-hybridized carbons (Fsp3) is 0. The van der Waals surface area contributed by atoms with Crippen molar-refractivity contribution in [2.45, 2.75) is 10.1 Å². The summed E-state index contributed by atoms with van der Waals surface area (Å²) in [5.41, 5.74) is -0.629. The highest BCUT2D eigenvalue weighted by Crippen LogP contribution is 2.35. The second-order valence-corrected chi connectivity index (χ2v) is 4.19. The minimum absolute atomic E-state index is 0.292. The number of nitrogens with zero attached hydrogens (tertiary/aromatic N) is 3. The van der Waals surface area contributed by atoms with Crippen LogP contribution >= 0.6 is 11.8 Å². The summed E-state index contributed by atoms with van der Waals surface area (Å²) in [5.74, 6) is 0. The van der Waals surface area contributed by atoms with Gasteiger partial charge in [-0.3, -0.25) is 20.2 Å². The van der Waals surface area contributed by atoms with E-state index in [-0.39, 0.29) is 11.4 Å². The summed E-state index contributed by atoms with van der Waals surface area (Å²) in [6.07, 6.45) is 3.10. The van der Waals surface area contributed by atoms with Gasteiger partial charge in [0.1, 0.15) is 0 Å². The summed E-state index contributed by atoms with van der Waals surface area (Å²) in [5, 5.41) is 21.9. The van der Waals surface area contributed by atoms with Gasteiger partial charge >= 0.3 is 0 Å². The van der Waals surface area contributed by atoms with Crippen molar-refractivity contribution in [2.75, 3.05) is 0 Å². The summed E-state index contributed by atoms with van der Waals surface area (Å²) in [7, 11) is 0. The maximum Gasteiger partial charge on any atom is 0.290 e. The fourth-order valence-corrected chi connectivity index (χ4v) is 2.08. The molecule has 0 saturated heterocycles. The predicted molar refractivity (Wildman–Crippen MR) is 62.5 cm³/mol. The van der Waals surface area contributed by atoms with E-state index in [9.17, 15) is 20.2 Å². The normalized spacial score (nSPS) is 10.2. The predicted octanol–water partition coefficient (Wildman–Crippen LogP) is 2.38. The minimum atomic E-state index is -0.672. The first-order chi connectivity index (χ1) is 8.58. The molecule has 0 fully saturated rings. The van der Waals surface area contributed by atoms with E-state index in [0.717, 1.165) is 17.8 Å². The molecule has 92 valence electrons. The number of nitrogens with one attached hydrogen (secondary N) is 1. The number of aromatic nitrogens is 2. The van der Waals surface area contributed by atoms with Gasteiger partial charge in [0.15, 0.2) is 5.16 Å². The summed E-state index contributed by atoms with van der Waals surface area (Å²) in [6, 6.07) is 3.49. The van der Waals surface area contributed by atoms with Crippen molar-refractivity contribution in [1.29, 1.82) is 0 Å². The topological polar surface area (TPSA) is 115 Å². The van der Waals surface area contributed by atoms with E-state index in [4.69, 9.17) is 0 Å². The van der Waals surface area contributed by atoms with E-state index in [1.54, 1.807) is 6.20 Å². The Balaban J connectivity index is 2.40. The van der Waals surface area contributed by atoms with Crippen molar-refractivity contribution in [3.05, 3.63) is 50.8 Å². The van der Waals surface area contributed by atoms with Gasteiger partial charge in [-0.25, -0.2) is 4.98 Å². The average molecular weight is 266 g/mol. The third-order valence-electron chi connectivity index (χ3n) is 2.03. The Hall–Kier alpha value is -2.42. The lowest BCUT2D eigenvalue weighted by Gasteiger charge is -2.00.